The second-order valence-electron chi connectivity index (χ2n) is 4.86. The zero-order valence-electron chi connectivity index (χ0n) is 10.6. The van der Waals surface area contributed by atoms with Gasteiger partial charge in [0.2, 0.25) is 0 Å². The van der Waals surface area contributed by atoms with E-state index in [1.165, 1.54) is 7.05 Å². The van der Waals surface area contributed by atoms with Crippen molar-refractivity contribution in [2.75, 3.05) is 13.7 Å². The number of nitrogens with zero attached hydrogens (tertiary/aromatic N) is 1. The molecule has 1 fully saturated rings. The van der Waals surface area contributed by atoms with E-state index in [2.05, 4.69) is 11.4 Å². The van der Waals surface area contributed by atoms with Crippen LogP contribution in [0, 0.1) is 11.3 Å². The number of rotatable bonds is 1. The van der Waals surface area contributed by atoms with E-state index in [1.807, 2.05) is 12.1 Å². The van der Waals surface area contributed by atoms with Gasteiger partial charge in [-0.2, -0.15) is 5.26 Å². The average molecular weight is 258 g/mol. The number of carbonyl (C=O) groups is 1. The molecule has 19 heavy (non-hydrogen) atoms. The molecule has 0 bridgehead atoms. The first kappa shape index (κ1) is 12.0. The molecule has 0 radical (unpaired) electrons. The Balaban J connectivity index is 1.98. The Bertz CT molecular complexity index is 573. The van der Waals surface area contributed by atoms with Gasteiger partial charge in [0.1, 0.15) is 0 Å². The van der Waals surface area contributed by atoms with Gasteiger partial charge in [-0.05, 0) is 30.5 Å². The van der Waals surface area contributed by atoms with Crippen LogP contribution in [0.25, 0.3) is 0 Å². The van der Waals surface area contributed by atoms with E-state index in [0.29, 0.717) is 12.2 Å². The van der Waals surface area contributed by atoms with Crippen LogP contribution in [0.2, 0.25) is 0 Å². The number of hydrogen-bond donors (Lipinski definition) is 1. The normalized spacial score (nSPS) is 22.2. The number of alkyl carbamates (subject to hydrolysis) is 1. The Kier molecular flexibility index (Phi) is 2.68. The summed E-state index contributed by atoms with van der Waals surface area (Å²) in [6, 6.07) is 7.60. The number of ether oxygens (including phenoxy) is 2. The van der Waals surface area contributed by atoms with Crippen molar-refractivity contribution >= 4 is 6.09 Å². The lowest BCUT2D eigenvalue weighted by Gasteiger charge is -2.31. The second-order valence-corrected chi connectivity index (χ2v) is 4.86. The van der Waals surface area contributed by atoms with Crippen molar-refractivity contribution in [1.29, 1.82) is 5.26 Å². The van der Waals surface area contributed by atoms with Crippen LogP contribution in [-0.2, 0) is 15.1 Å². The topological polar surface area (TPSA) is 71.3 Å². The summed E-state index contributed by atoms with van der Waals surface area (Å²) >= 11 is 0. The Morgan fingerprint density at radius 1 is 1.58 bits per heavy atom. The Morgan fingerprint density at radius 2 is 2.37 bits per heavy atom. The monoisotopic (exact) mass is 258 g/mol. The maximum absolute atomic E-state index is 11.3. The van der Waals surface area contributed by atoms with E-state index in [-0.39, 0.29) is 5.60 Å². The molecular weight excluding hydrogens is 244 g/mol. The van der Waals surface area contributed by atoms with Crippen molar-refractivity contribution < 1.29 is 14.3 Å². The average Bonchev–Trinajstić information content (AvgIpc) is 3.22. The van der Waals surface area contributed by atoms with Crippen molar-refractivity contribution in [2.24, 2.45) is 0 Å². The van der Waals surface area contributed by atoms with Crippen molar-refractivity contribution in [3.05, 3.63) is 34.9 Å². The number of amides is 1. The van der Waals surface area contributed by atoms with Gasteiger partial charge in [0, 0.05) is 12.6 Å². The second kappa shape index (κ2) is 4.25. The molecule has 1 aliphatic heterocycles. The van der Waals surface area contributed by atoms with Gasteiger partial charge in [0.25, 0.3) is 0 Å². The van der Waals surface area contributed by atoms with Gasteiger partial charge in [-0.25, -0.2) is 4.79 Å². The number of carbonyl (C=O) groups excluding carboxylic acids is 1. The molecule has 0 saturated heterocycles. The first-order valence-corrected chi connectivity index (χ1v) is 6.25. The fourth-order valence-electron chi connectivity index (χ4n) is 2.52. The smallest absolute Gasteiger partial charge is 0.407 e. The van der Waals surface area contributed by atoms with E-state index in [9.17, 15) is 4.79 Å². The number of hydrogen-bond acceptors (Lipinski definition) is 4. The highest BCUT2D eigenvalue weighted by Crippen LogP contribution is 2.54. The lowest BCUT2D eigenvalue weighted by Crippen LogP contribution is -2.31. The summed E-state index contributed by atoms with van der Waals surface area (Å²) < 4.78 is 11.1. The van der Waals surface area contributed by atoms with E-state index >= 15 is 0 Å². The Morgan fingerprint density at radius 3 is 3.00 bits per heavy atom. The van der Waals surface area contributed by atoms with Crippen molar-refractivity contribution in [1.82, 2.24) is 5.32 Å². The highest BCUT2D eigenvalue weighted by Gasteiger charge is 2.51. The van der Waals surface area contributed by atoms with Gasteiger partial charge in [-0.1, -0.05) is 6.07 Å². The minimum Gasteiger partial charge on any atom is -0.439 e. The molecule has 1 N–H and O–H groups in total. The van der Waals surface area contributed by atoms with Crippen LogP contribution >= 0.6 is 0 Å². The molecule has 1 heterocycles. The molecule has 5 heteroatoms. The summed E-state index contributed by atoms with van der Waals surface area (Å²) in [4.78, 5) is 11.3. The van der Waals surface area contributed by atoms with E-state index in [0.717, 1.165) is 24.0 Å². The molecule has 0 unspecified atom stereocenters. The summed E-state index contributed by atoms with van der Waals surface area (Å²) in [7, 11) is 1.52. The first-order valence-electron chi connectivity index (χ1n) is 6.25. The van der Waals surface area contributed by atoms with Gasteiger partial charge in [0.05, 0.1) is 23.8 Å². The molecule has 5 nitrogen and oxygen atoms in total. The number of fused-ring (bicyclic) bond motifs is 2. The van der Waals surface area contributed by atoms with Gasteiger partial charge < -0.3 is 14.8 Å². The summed E-state index contributed by atoms with van der Waals surface area (Å²) in [5.41, 5.74) is 2.30. The summed E-state index contributed by atoms with van der Waals surface area (Å²) in [5, 5.41) is 11.4. The quantitative estimate of drug-likeness (QED) is 0.836. The van der Waals surface area contributed by atoms with Crippen LogP contribution < -0.4 is 5.32 Å². The third-order valence-corrected chi connectivity index (χ3v) is 3.69. The molecule has 1 amide bonds. The minimum absolute atomic E-state index is 0.245. The lowest BCUT2D eigenvalue weighted by atomic mass is 9.92. The van der Waals surface area contributed by atoms with Crippen LogP contribution in [-0.4, -0.2) is 19.7 Å². The zero-order valence-corrected chi connectivity index (χ0v) is 10.6. The highest BCUT2D eigenvalue weighted by molar-refractivity contribution is 5.67. The SMILES string of the molecule is CNC(=O)O[C@@H]1COC2(CC2)c2cc(C#N)ccc21. The first-order chi connectivity index (χ1) is 9.18. The zero-order chi connectivity index (χ0) is 13.5. The Hall–Kier alpha value is -2.06. The van der Waals surface area contributed by atoms with E-state index in [4.69, 9.17) is 14.7 Å². The van der Waals surface area contributed by atoms with Gasteiger partial charge in [-0.3, -0.25) is 0 Å². The third kappa shape index (κ3) is 1.94. The Labute approximate surface area is 111 Å². The summed E-state index contributed by atoms with van der Waals surface area (Å²) in [6.45, 7) is 0.367. The molecule has 98 valence electrons. The molecule has 1 aliphatic carbocycles. The predicted octanol–water partition coefficient (Wildman–Crippen LogP) is 1.97. The minimum atomic E-state index is -0.476. The van der Waals surface area contributed by atoms with Gasteiger partial charge in [-0.15, -0.1) is 0 Å². The molecule has 1 aromatic carbocycles. The van der Waals surface area contributed by atoms with Gasteiger partial charge in [0.15, 0.2) is 6.10 Å². The molecule has 0 aromatic heterocycles. The molecule has 3 rings (SSSR count). The van der Waals surface area contributed by atoms with Crippen LogP contribution in [0.4, 0.5) is 4.79 Å². The van der Waals surface area contributed by atoms with E-state index in [1.54, 1.807) is 6.07 Å². The van der Waals surface area contributed by atoms with Crippen LogP contribution in [0.5, 0.6) is 0 Å². The molecular formula is C14H14N2O3. The molecule has 1 saturated carbocycles. The van der Waals surface area contributed by atoms with Crippen molar-refractivity contribution in [3.8, 4) is 6.07 Å². The molecule has 1 aromatic rings. The standard InChI is InChI=1S/C14H14N2O3/c1-16-13(17)19-12-8-18-14(4-5-14)11-6-9(7-15)2-3-10(11)12/h2-3,6,12H,4-5,8H2,1H3,(H,16,17)/t12-/m1/s1. The number of nitrogens with one attached hydrogen (secondary N) is 1. The fourth-order valence-corrected chi connectivity index (χ4v) is 2.52. The van der Waals surface area contributed by atoms with Crippen molar-refractivity contribution in [2.45, 2.75) is 24.5 Å². The maximum atomic E-state index is 11.3. The lowest BCUT2D eigenvalue weighted by molar-refractivity contribution is -0.0513. The van der Waals surface area contributed by atoms with Gasteiger partial charge >= 0.3 is 6.09 Å². The van der Waals surface area contributed by atoms with Crippen LogP contribution in [0.3, 0.4) is 0 Å². The highest BCUT2D eigenvalue weighted by atomic mass is 16.6. The number of benzene rings is 1. The summed E-state index contributed by atoms with van der Waals surface area (Å²) in [6.07, 6.45) is 1.04. The van der Waals surface area contributed by atoms with Crippen molar-refractivity contribution in [3.63, 3.8) is 0 Å². The number of nitriles is 1. The van der Waals surface area contributed by atoms with Crippen LogP contribution in [0.1, 0.15) is 35.6 Å². The van der Waals surface area contributed by atoms with Crippen LogP contribution in [0.15, 0.2) is 18.2 Å². The molecule has 2 aliphatic rings. The fraction of sp³-hybridized carbons (Fsp3) is 0.429. The third-order valence-electron chi connectivity index (χ3n) is 3.69. The maximum Gasteiger partial charge on any atom is 0.407 e. The predicted molar refractivity (Wildman–Crippen MR) is 66.3 cm³/mol. The van der Waals surface area contributed by atoms with E-state index < -0.39 is 12.2 Å². The molecule has 1 spiro atoms. The molecule has 1 atom stereocenters. The summed E-state index contributed by atoms with van der Waals surface area (Å²) in [5.74, 6) is 0. The largest absolute Gasteiger partial charge is 0.439 e.